The van der Waals surface area contributed by atoms with Crippen LogP contribution in [0, 0.1) is 40.2 Å². The minimum Gasteiger partial charge on any atom is -0.489 e. The van der Waals surface area contributed by atoms with Gasteiger partial charge in [0.2, 0.25) is 19.7 Å². The number of hydrogen-bond donors (Lipinski definition) is 2. The Morgan fingerprint density at radius 2 is 0.796 bits per heavy atom. The van der Waals surface area contributed by atoms with Crippen molar-refractivity contribution in [2.24, 2.45) is 21.7 Å². The average molecular weight is 787 g/mol. The molecule has 0 atom stereocenters. The lowest BCUT2D eigenvalue weighted by Gasteiger charge is -2.62. The fourth-order valence-electron chi connectivity index (χ4n) is 8.18. The maximum Gasteiger partial charge on any atom is 0.206 e. The zero-order chi connectivity index (χ0) is 40.7. The lowest BCUT2D eigenvalue weighted by atomic mass is 9.51. The summed E-state index contributed by atoms with van der Waals surface area (Å²) in [5.41, 5.74) is 0.154. The Balaban J connectivity index is 0.000000204. The topological polar surface area (TPSA) is 127 Å². The highest BCUT2D eigenvalue weighted by atomic mass is 32.2. The van der Waals surface area contributed by atoms with Gasteiger partial charge in [-0.2, -0.15) is 0 Å². The van der Waals surface area contributed by atoms with E-state index in [-0.39, 0.29) is 60.8 Å². The van der Waals surface area contributed by atoms with E-state index in [2.05, 4.69) is 27.7 Å². The molecule has 2 fully saturated rings. The van der Waals surface area contributed by atoms with E-state index in [4.69, 9.17) is 9.47 Å². The van der Waals surface area contributed by atoms with Gasteiger partial charge >= 0.3 is 0 Å². The van der Waals surface area contributed by atoms with Crippen molar-refractivity contribution < 1.29 is 45.3 Å². The normalized spacial score (nSPS) is 23.2. The molecule has 12 heteroatoms. The minimum atomic E-state index is -3.71. The molecule has 4 aromatic carbocycles. The zero-order valence-electron chi connectivity index (χ0n) is 32.5. The van der Waals surface area contributed by atoms with E-state index in [1.807, 2.05) is 34.6 Å². The first kappa shape index (κ1) is 43.1. The Bertz CT molecular complexity index is 2010. The Kier molecular flexibility index (Phi) is 12.3. The summed E-state index contributed by atoms with van der Waals surface area (Å²) in [6, 6.07) is 22.5. The first-order chi connectivity index (χ1) is 24.8. The first-order valence-corrected chi connectivity index (χ1v) is 20.5. The maximum atomic E-state index is 12.8. The van der Waals surface area contributed by atoms with Gasteiger partial charge in [-0.15, -0.1) is 0 Å². The Morgan fingerprint density at radius 1 is 0.500 bits per heavy atom. The van der Waals surface area contributed by atoms with Gasteiger partial charge in [-0.3, -0.25) is 0 Å². The quantitative estimate of drug-likeness (QED) is 0.180. The lowest BCUT2D eigenvalue weighted by Crippen LogP contribution is -2.70. The van der Waals surface area contributed by atoms with Gasteiger partial charge in [0.1, 0.15) is 23.5 Å². The van der Waals surface area contributed by atoms with E-state index in [0.29, 0.717) is 10.6 Å². The molecule has 294 valence electrons. The van der Waals surface area contributed by atoms with Crippen LogP contribution in [0.1, 0.15) is 61.0 Å². The third-order valence-electron chi connectivity index (χ3n) is 10.7. The number of benzene rings is 4. The Hall–Kier alpha value is -3.68. The molecule has 4 aromatic rings. The van der Waals surface area contributed by atoms with Crippen molar-refractivity contribution in [3.63, 3.8) is 0 Å². The third kappa shape index (κ3) is 8.28. The molecule has 0 aromatic heterocycles. The second kappa shape index (κ2) is 15.5. The molecule has 0 saturated heterocycles. The molecule has 0 heterocycles. The van der Waals surface area contributed by atoms with Crippen LogP contribution < -0.4 is 4.74 Å². The first-order valence-electron chi connectivity index (χ1n) is 17.6. The average Bonchev–Trinajstić information content (AvgIpc) is 3.11. The molecule has 0 bridgehead atoms. The molecular weight excluding hydrogens is 735 g/mol. The molecule has 6 rings (SSSR count). The molecule has 54 heavy (non-hydrogen) atoms. The van der Waals surface area contributed by atoms with Crippen molar-refractivity contribution in [1.29, 1.82) is 0 Å². The molecule has 0 spiro atoms. The molecule has 2 aliphatic rings. The van der Waals surface area contributed by atoms with Crippen LogP contribution >= 0.6 is 0 Å². The van der Waals surface area contributed by atoms with Crippen LogP contribution in [-0.4, -0.2) is 58.6 Å². The van der Waals surface area contributed by atoms with Crippen LogP contribution in [-0.2, 0) is 24.4 Å². The standard InChI is InChI=1S/C22H28O4S.C12H8F2O2S.C8H16O2/c1-15-7-11-17(12-8-15)27(23,24)18-13-9-16(10-14-18)26-20-21(2,3)19(25-6)22(20,4)5;13-9-1-5-11(6-2-9)17(15,16)12-7-3-10(14)4-8-12;1-7(2)5(9)8(3,4)6(7)10/h7-14,19-20H,1-6H3;1-8H;5-6,9-10H,1-4H3. The number of aliphatic hydroxyl groups excluding tert-OH is 2. The predicted molar refractivity (Wildman–Crippen MR) is 204 cm³/mol. The van der Waals surface area contributed by atoms with Crippen molar-refractivity contribution in [3.8, 4) is 5.75 Å². The number of sulfone groups is 2. The van der Waals surface area contributed by atoms with Crippen molar-refractivity contribution in [2.75, 3.05) is 7.11 Å². The number of rotatable bonds is 7. The number of aryl methyl sites for hydroxylation is 1. The number of aliphatic hydroxyl groups is 2. The largest absolute Gasteiger partial charge is 0.489 e. The van der Waals surface area contributed by atoms with Gasteiger partial charge in [0.05, 0.1) is 37.9 Å². The molecule has 8 nitrogen and oxygen atoms in total. The van der Waals surface area contributed by atoms with Crippen LogP contribution in [0.4, 0.5) is 8.78 Å². The Labute approximate surface area is 319 Å². The van der Waals surface area contributed by atoms with Crippen LogP contribution in [0.2, 0.25) is 0 Å². The van der Waals surface area contributed by atoms with Gasteiger partial charge in [-0.05, 0) is 91.9 Å². The van der Waals surface area contributed by atoms with Gasteiger partial charge in [0, 0.05) is 28.8 Å². The molecule has 2 saturated carbocycles. The minimum absolute atomic E-state index is 0.0190. The highest BCUT2D eigenvalue weighted by Crippen LogP contribution is 2.57. The van der Waals surface area contributed by atoms with Gasteiger partial charge in [0.25, 0.3) is 0 Å². The molecule has 2 N–H and O–H groups in total. The summed E-state index contributed by atoms with van der Waals surface area (Å²) < 4.78 is 86.8. The predicted octanol–water partition coefficient (Wildman–Crippen LogP) is 8.23. The molecule has 0 radical (unpaired) electrons. The summed E-state index contributed by atoms with van der Waals surface area (Å²) in [5.74, 6) is -0.357. The van der Waals surface area contributed by atoms with E-state index in [1.165, 1.54) is 24.3 Å². The van der Waals surface area contributed by atoms with E-state index in [0.717, 1.165) is 29.8 Å². The molecule has 2 aliphatic carbocycles. The van der Waals surface area contributed by atoms with Crippen molar-refractivity contribution in [1.82, 2.24) is 0 Å². The van der Waals surface area contributed by atoms with Crippen molar-refractivity contribution in [2.45, 2.75) is 106 Å². The van der Waals surface area contributed by atoms with Gasteiger partial charge in [-0.1, -0.05) is 73.1 Å². The maximum absolute atomic E-state index is 12.8. The van der Waals surface area contributed by atoms with E-state index in [9.17, 15) is 35.8 Å². The SMILES string of the molecule is CC1(C)C(O)C(C)(C)C1O.COC1C(C)(C)C(Oc2ccc(S(=O)(=O)c3ccc(C)cc3)cc2)C1(C)C.O=S(=O)(c1ccc(F)cc1)c1ccc(F)cc1. The van der Waals surface area contributed by atoms with Crippen LogP contribution in [0.25, 0.3) is 0 Å². The lowest BCUT2D eigenvalue weighted by molar-refractivity contribution is -0.247. The Morgan fingerprint density at radius 3 is 1.09 bits per heavy atom. The highest BCUT2D eigenvalue weighted by Gasteiger charge is 2.64. The van der Waals surface area contributed by atoms with Gasteiger partial charge in [0.15, 0.2) is 0 Å². The zero-order valence-corrected chi connectivity index (χ0v) is 34.1. The second-order valence-electron chi connectivity index (χ2n) is 16.4. The van der Waals surface area contributed by atoms with Crippen molar-refractivity contribution >= 4 is 19.7 Å². The summed E-state index contributed by atoms with van der Waals surface area (Å²) in [4.78, 5) is 0.516. The fraction of sp³-hybridized carbons (Fsp3) is 0.429. The summed E-state index contributed by atoms with van der Waals surface area (Å²) in [6.45, 7) is 18.0. The number of hydrogen-bond acceptors (Lipinski definition) is 8. The summed E-state index contributed by atoms with van der Waals surface area (Å²) in [5, 5.41) is 19.0. The molecule has 0 amide bonds. The number of halogens is 2. The molecule has 0 unspecified atom stereocenters. The van der Waals surface area contributed by atoms with Crippen LogP contribution in [0.5, 0.6) is 5.75 Å². The fourth-order valence-corrected chi connectivity index (χ4v) is 10.7. The molecule has 0 aliphatic heterocycles. The van der Waals surface area contributed by atoms with E-state index < -0.39 is 31.3 Å². The van der Waals surface area contributed by atoms with Crippen molar-refractivity contribution in [3.05, 3.63) is 114 Å². The van der Waals surface area contributed by atoms with Crippen LogP contribution in [0.3, 0.4) is 0 Å². The smallest absolute Gasteiger partial charge is 0.206 e. The van der Waals surface area contributed by atoms with E-state index >= 15 is 0 Å². The van der Waals surface area contributed by atoms with Gasteiger partial charge in [-0.25, -0.2) is 25.6 Å². The highest BCUT2D eigenvalue weighted by molar-refractivity contribution is 7.91. The second-order valence-corrected chi connectivity index (χ2v) is 20.3. The monoisotopic (exact) mass is 786 g/mol. The third-order valence-corrected chi connectivity index (χ3v) is 14.3. The summed E-state index contributed by atoms with van der Waals surface area (Å²) >= 11 is 0. The summed E-state index contributed by atoms with van der Waals surface area (Å²) in [7, 11) is -5.50. The number of methoxy groups -OCH3 is 1. The number of ether oxygens (including phenoxy) is 2. The summed E-state index contributed by atoms with van der Waals surface area (Å²) in [6.07, 6.45) is -0.671. The van der Waals surface area contributed by atoms with Crippen LogP contribution in [0.15, 0.2) is 117 Å². The van der Waals surface area contributed by atoms with E-state index in [1.54, 1.807) is 55.6 Å². The van der Waals surface area contributed by atoms with Gasteiger partial charge < -0.3 is 19.7 Å². The molecular formula is C42H52F2O8S2.